The number of anilines is 1. The summed E-state index contributed by atoms with van der Waals surface area (Å²) < 4.78 is 32.4. The van der Waals surface area contributed by atoms with Crippen LogP contribution >= 0.6 is 0 Å². The zero-order chi connectivity index (χ0) is 14.9. The third kappa shape index (κ3) is 3.02. The molecule has 2 saturated heterocycles. The number of hydrogen-bond acceptors (Lipinski definition) is 6. The standard InChI is InChI=1S/C13H20N4O3S/c1-2-5-14-13-15-6-12(7-16-13)21(18,19)17-8-10-3-4-11(9-17)20-10/h6-7,10-11H,2-5,8-9H2,1H3,(H,14,15,16). The molecular formula is C13H20N4O3S. The Bertz CT molecular complexity index is 578. The lowest BCUT2D eigenvalue weighted by Gasteiger charge is -2.31. The third-order valence-corrected chi connectivity index (χ3v) is 5.59. The van der Waals surface area contributed by atoms with E-state index in [4.69, 9.17) is 4.74 Å². The second-order valence-electron chi connectivity index (χ2n) is 5.45. The van der Waals surface area contributed by atoms with Crippen molar-refractivity contribution in [2.75, 3.05) is 25.0 Å². The monoisotopic (exact) mass is 312 g/mol. The fraction of sp³-hybridized carbons (Fsp3) is 0.692. The summed E-state index contributed by atoms with van der Waals surface area (Å²) in [6, 6.07) is 0. The number of morpholine rings is 1. The van der Waals surface area contributed by atoms with Crippen molar-refractivity contribution < 1.29 is 13.2 Å². The SMILES string of the molecule is CCCNc1ncc(S(=O)(=O)N2CC3CCC(C2)O3)cn1. The molecule has 2 atom stereocenters. The Hall–Kier alpha value is -1.25. The minimum absolute atomic E-state index is 0.0323. The van der Waals surface area contributed by atoms with Gasteiger partial charge in [0.25, 0.3) is 0 Å². The number of nitrogens with zero attached hydrogens (tertiary/aromatic N) is 3. The molecule has 1 N–H and O–H groups in total. The number of sulfonamides is 1. The highest BCUT2D eigenvalue weighted by molar-refractivity contribution is 7.89. The van der Waals surface area contributed by atoms with Gasteiger partial charge in [-0.3, -0.25) is 0 Å². The van der Waals surface area contributed by atoms with Crippen molar-refractivity contribution in [2.24, 2.45) is 0 Å². The summed E-state index contributed by atoms with van der Waals surface area (Å²) in [5.41, 5.74) is 0. The molecule has 2 unspecified atom stereocenters. The van der Waals surface area contributed by atoms with Crippen LogP contribution in [0.5, 0.6) is 0 Å². The summed E-state index contributed by atoms with van der Waals surface area (Å²) in [6.07, 6.45) is 5.64. The van der Waals surface area contributed by atoms with Crippen LogP contribution in [0, 0.1) is 0 Å². The fourth-order valence-corrected chi connectivity index (χ4v) is 4.10. The first kappa shape index (κ1) is 14.7. The largest absolute Gasteiger partial charge is 0.372 e. The molecule has 3 heterocycles. The molecule has 0 radical (unpaired) electrons. The van der Waals surface area contributed by atoms with Crippen LogP contribution in [0.25, 0.3) is 0 Å². The number of ether oxygens (including phenoxy) is 1. The van der Waals surface area contributed by atoms with Crippen LogP contribution in [0.2, 0.25) is 0 Å². The summed E-state index contributed by atoms with van der Waals surface area (Å²) in [6.45, 7) is 3.65. The van der Waals surface area contributed by atoms with Crippen molar-refractivity contribution in [1.82, 2.24) is 14.3 Å². The molecule has 2 aliphatic heterocycles. The fourth-order valence-electron chi connectivity index (χ4n) is 2.70. The van der Waals surface area contributed by atoms with Gasteiger partial charge in [0, 0.05) is 19.6 Å². The van der Waals surface area contributed by atoms with Gasteiger partial charge in [0.1, 0.15) is 4.90 Å². The third-order valence-electron chi connectivity index (χ3n) is 3.81. The maximum Gasteiger partial charge on any atom is 0.246 e. The van der Waals surface area contributed by atoms with Crippen molar-refractivity contribution in [3.8, 4) is 0 Å². The summed E-state index contributed by atoms with van der Waals surface area (Å²) in [5.74, 6) is 0.456. The van der Waals surface area contributed by atoms with Crippen molar-refractivity contribution in [3.05, 3.63) is 12.4 Å². The zero-order valence-electron chi connectivity index (χ0n) is 12.0. The van der Waals surface area contributed by atoms with E-state index in [1.54, 1.807) is 0 Å². The molecule has 0 aliphatic carbocycles. The van der Waals surface area contributed by atoms with Gasteiger partial charge < -0.3 is 10.1 Å². The normalized spacial score (nSPS) is 26.0. The van der Waals surface area contributed by atoms with Gasteiger partial charge in [0.15, 0.2) is 0 Å². The van der Waals surface area contributed by atoms with Gasteiger partial charge in [-0.1, -0.05) is 6.92 Å². The molecule has 7 nitrogen and oxygen atoms in total. The summed E-state index contributed by atoms with van der Waals surface area (Å²) in [5, 5.41) is 3.03. The van der Waals surface area contributed by atoms with Crippen molar-refractivity contribution in [1.29, 1.82) is 0 Å². The Kier molecular flexibility index (Phi) is 4.10. The molecule has 0 amide bonds. The minimum atomic E-state index is -3.52. The van der Waals surface area contributed by atoms with E-state index in [0.717, 1.165) is 25.8 Å². The van der Waals surface area contributed by atoms with Crippen molar-refractivity contribution >= 4 is 16.0 Å². The quantitative estimate of drug-likeness (QED) is 0.868. The summed E-state index contributed by atoms with van der Waals surface area (Å²) in [4.78, 5) is 8.29. The second-order valence-corrected chi connectivity index (χ2v) is 7.39. The second kappa shape index (κ2) is 5.86. The lowest BCUT2D eigenvalue weighted by Crippen LogP contribution is -2.45. The highest BCUT2D eigenvalue weighted by atomic mass is 32.2. The maximum absolute atomic E-state index is 12.6. The van der Waals surface area contributed by atoms with Gasteiger partial charge in [0.2, 0.25) is 16.0 Å². The van der Waals surface area contributed by atoms with Gasteiger partial charge in [-0.2, -0.15) is 4.31 Å². The van der Waals surface area contributed by atoms with Crippen LogP contribution in [0.1, 0.15) is 26.2 Å². The molecule has 0 aromatic carbocycles. The lowest BCUT2D eigenvalue weighted by molar-refractivity contribution is -0.0114. The Morgan fingerprint density at radius 2 is 1.90 bits per heavy atom. The van der Waals surface area contributed by atoms with Crippen LogP contribution in [0.15, 0.2) is 17.3 Å². The molecule has 0 saturated carbocycles. The van der Waals surface area contributed by atoms with Gasteiger partial charge >= 0.3 is 0 Å². The van der Waals surface area contributed by atoms with Crippen molar-refractivity contribution in [3.63, 3.8) is 0 Å². The average molecular weight is 312 g/mol. The van der Waals surface area contributed by atoms with E-state index in [-0.39, 0.29) is 17.1 Å². The first-order valence-corrected chi connectivity index (χ1v) is 8.75. The van der Waals surface area contributed by atoms with E-state index >= 15 is 0 Å². The average Bonchev–Trinajstić information content (AvgIpc) is 2.83. The van der Waals surface area contributed by atoms with Crippen LogP contribution < -0.4 is 5.32 Å². The molecule has 2 aliphatic rings. The smallest absolute Gasteiger partial charge is 0.246 e. The molecule has 21 heavy (non-hydrogen) atoms. The molecule has 8 heteroatoms. The number of hydrogen-bond donors (Lipinski definition) is 1. The number of fused-ring (bicyclic) bond motifs is 2. The highest BCUT2D eigenvalue weighted by Gasteiger charge is 2.39. The van der Waals surface area contributed by atoms with Crippen LogP contribution in [0.3, 0.4) is 0 Å². The Morgan fingerprint density at radius 1 is 1.29 bits per heavy atom. The maximum atomic E-state index is 12.6. The van der Waals surface area contributed by atoms with E-state index in [1.165, 1.54) is 16.7 Å². The van der Waals surface area contributed by atoms with E-state index in [9.17, 15) is 8.42 Å². The lowest BCUT2D eigenvalue weighted by atomic mass is 10.2. The molecule has 116 valence electrons. The summed E-state index contributed by atoms with van der Waals surface area (Å²) >= 11 is 0. The Morgan fingerprint density at radius 3 is 2.48 bits per heavy atom. The van der Waals surface area contributed by atoms with Crippen LogP contribution in [-0.2, 0) is 14.8 Å². The minimum Gasteiger partial charge on any atom is -0.372 e. The first-order chi connectivity index (χ1) is 10.1. The van der Waals surface area contributed by atoms with E-state index in [0.29, 0.717) is 19.0 Å². The molecule has 0 spiro atoms. The van der Waals surface area contributed by atoms with Gasteiger partial charge in [-0.05, 0) is 19.3 Å². The molecular weight excluding hydrogens is 292 g/mol. The first-order valence-electron chi connectivity index (χ1n) is 7.31. The molecule has 3 rings (SSSR count). The van der Waals surface area contributed by atoms with Gasteiger partial charge in [-0.25, -0.2) is 18.4 Å². The van der Waals surface area contributed by atoms with E-state index in [2.05, 4.69) is 15.3 Å². The summed E-state index contributed by atoms with van der Waals surface area (Å²) in [7, 11) is -3.52. The molecule has 2 fully saturated rings. The van der Waals surface area contributed by atoms with Crippen LogP contribution in [0.4, 0.5) is 5.95 Å². The van der Waals surface area contributed by atoms with Crippen molar-refractivity contribution in [2.45, 2.75) is 43.3 Å². The Labute approximate surface area is 124 Å². The highest BCUT2D eigenvalue weighted by Crippen LogP contribution is 2.29. The van der Waals surface area contributed by atoms with E-state index in [1.807, 2.05) is 6.92 Å². The van der Waals surface area contributed by atoms with E-state index < -0.39 is 10.0 Å². The van der Waals surface area contributed by atoms with Gasteiger partial charge in [0.05, 0.1) is 24.6 Å². The Balaban J connectivity index is 1.75. The zero-order valence-corrected chi connectivity index (χ0v) is 12.8. The molecule has 1 aromatic rings. The molecule has 2 bridgehead atoms. The number of aromatic nitrogens is 2. The molecule has 1 aromatic heterocycles. The predicted octanol–water partition coefficient (Wildman–Crippen LogP) is 0.850. The number of rotatable bonds is 5. The predicted molar refractivity (Wildman–Crippen MR) is 77.5 cm³/mol. The number of nitrogens with one attached hydrogen (secondary N) is 1. The van der Waals surface area contributed by atoms with Gasteiger partial charge in [-0.15, -0.1) is 0 Å². The topological polar surface area (TPSA) is 84.4 Å². The van der Waals surface area contributed by atoms with Crippen LogP contribution in [-0.4, -0.2) is 54.5 Å².